The van der Waals surface area contributed by atoms with Crippen molar-refractivity contribution in [3.8, 4) is 0 Å². The van der Waals surface area contributed by atoms with Crippen molar-refractivity contribution in [2.45, 2.75) is 24.3 Å². The van der Waals surface area contributed by atoms with Gasteiger partial charge in [-0.2, -0.15) is 12.6 Å². The summed E-state index contributed by atoms with van der Waals surface area (Å²) in [5.74, 6) is -3.26. The number of carbonyl (C=O) groups excluding carboxylic acids is 1. The Kier molecular flexibility index (Phi) is 5.00. The molecule has 21 heavy (non-hydrogen) atoms. The highest BCUT2D eigenvalue weighted by atomic mass is 32.1. The molecule has 1 aromatic rings. The molecule has 0 bridgehead atoms. The number of urea groups is 1. The van der Waals surface area contributed by atoms with Crippen LogP contribution in [-0.4, -0.2) is 35.4 Å². The summed E-state index contributed by atoms with van der Waals surface area (Å²) in [6.45, 7) is 0.327. The van der Waals surface area contributed by atoms with Crippen LogP contribution in [0.3, 0.4) is 0 Å². The first-order valence-corrected chi connectivity index (χ1v) is 6.85. The Morgan fingerprint density at radius 2 is 2.00 bits per heavy atom. The van der Waals surface area contributed by atoms with Gasteiger partial charge in [-0.15, -0.1) is 0 Å². The smallest absolute Gasteiger partial charge is 0.315 e. The van der Waals surface area contributed by atoms with Crippen LogP contribution in [0.25, 0.3) is 0 Å². The molecule has 0 unspecified atom stereocenters. The number of nitrogens with two attached hydrogens (primary N) is 1. The maximum absolute atomic E-state index is 13.4. The molecule has 1 aliphatic rings. The topological polar surface area (TPSA) is 55.6 Å². The molecule has 2 N–H and O–H groups in total. The molecule has 8 heteroatoms. The Morgan fingerprint density at radius 3 is 2.67 bits per heavy atom. The molecule has 1 fully saturated rings. The maximum atomic E-state index is 13.4. The summed E-state index contributed by atoms with van der Waals surface area (Å²) in [5.41, 5.74) is 5.16. The summed E-state index contributed by atoms with van der Waals surface area (Å²) in [4.78, 5) is 12.7. The van der Waals surface area contributed by atoms with Gasteiger partial charge in [0, 0.05) is 23.4 Å². The van der Waals surface area contributed by atoms with E-state index < -0.39 is 23.5 Å². The minimum absolute atomic E-state index is 0.00565. The normalized spacial score (nSPS) is 21.8. The van der Waals surface area contributed by atoms with Gasteiger partial charge >= 0.3 is 6.03 Å². The van der Waals surface area contributed by atoms with Gasteiger partial charge in [-0.25, -0.2) is 18.0 Å². The average Bonchev–Trinajstić information content (AvgIpc) is 2.77. The largest absolute Gasteiger partial charge is 0.375 e. The van der Waals surface area contributed by atoms with E-state index in [0.717, 1.165) is 6.07 Å². The van der Waals surface area contributed by atoms with Crippen LogP contribution in [0, 0.1) is 17.5 Å². The molecule has 1 aromatic carbocycles. The number of hydrogen-bond acceptors (Lipinski definition) is 3. The van der Waals surface area contributed by atoms with Gasteiger partial charge in [0.25, 0.3) is 0 Å². The number of nitrogens with zero attached hydrogens (tertiary/aromatic N) is 1. The number of carbonyl (C=O) groups is 1. The van der Waals surface area contributed by atoms with E-state index in [2.05, 4.69) is 12.6 Å². The van der Waals surface area contributed by atoms with Gasteiger partial charge < -0.3 is 15.4 Å². The fourth-order valence-corrected chi connectivity index (χ4v) is 2.72. The quantitative estimate of drug-likeness (QED) is 0.659. The highest BCUT2D eigenvalue weighted by Gasteiger charge is 2.32. The molecular weight excluding hydrogens is 305 g/mol. The highest BCUT2D eigenvalue weighted by molar-refractivity contribution is 7.81. The molecule has 2 atom stereocenters. The summed E-state index contributed by atoms with van der Waals surface area (Å²) < 4.78 is 44.5. The number of amides is 2. The third-order valence-corrected chi connectivity index (χ3v) is 3.71. The molecule has 2 rings (SSSR count). The first kappa shape index (κ1) is 16.0. The molecule has 116 valence electrons. The molecule has 0 aromatic heterocycles. The van der Waals surface area contributed by atoms with E-state index in [1.165, 1.54) is 4.90 Å². The van der Waals surface area contributed by atoms with Crippen LogP contribution in [0.4, 0.5) is 18.0 Å². The molecule has 4 nitrogen and oxygen atoms in total. The molecule has 0 spiro atoms. The first-order chi connectivity index (χ1) is 9.88. The van der Waals surface area contributed by atoms with E-state index in [4.69, 9.17) is 10.5 Å². The Bertz CT molecular complexity index is 544. The summed E-state index contributed by atoms with van der Waals surface area (Å²) in [5, 5.41) is 0.00565. The predicted octanol–water partition coefficient (Wildman–Crippen LogP) is 2.07. The van der Waals surface area contributed by atoms with Crippen LogP contribution in [0.1, 0.15) is 12.0 Å². The zero-order chi connectivity index (χ0) is 15.6. The van der Waals surface area contributed by atoms with Crippen LogP contribution in [-0.2, 0) is 11.3 Å². The Balaban J connectivity index is 1.92. The molecule has 2 amide bonds. The fourth-order valence-electron chi connectivity index (χ4n) is 2.30. The van der Waals surface area contributed by atoms with Gasteiger partial charge in [0.2, 0.25) is 0 Å². The van der Waals surface area contributed by atoms with Crippen molar-refractivity contribution >= 4 is 18.7 Å². The van der Waals surface area contributed by atoms with Crippen molar-refractivity contribution in [2.75, 3.05) is 13.2 Å². The number of rotatable bonds is 4. The maximum Gasteiger partial charge on any atom is 0.315 e. The second-order valence-electron chi connectivity index (χ2n) is 4.91. The fraction of sp³-hybridized carbons (Fsp3) is 0.462. The van der Waals surface area contributed by atoms with Crippen molar-refractivity contribution in [3.05, 3.63) is 35.1 Å². The van der Waals surface area contributed by atoms with E-state index in [1.54, 1.807) is 0 Å². The molecule has 0 radical (unpaired) electrons. The van der Waals surface area contributed by atoms with E-state index in [9.17, 15) is 18.0 Å². The monoisotopic (exact) mass is 320 g/mol. The third-order valence-electron chi connectivity index (χ3n) is 3.33. The van der Waals surface area contributed by atoms with Gasteiger partial charge in [0.1, 0.15) is 5.82 Å². The van der Waals surface area contributed by atoms with Crippen LogP contribution in [0.15, 0.2) is 12.1 Å². The van der Waals surface area contributed by atoms with E-state index in [-0.39, 0.29) is 30.1 Å². The van der Waals surface area contributed by atoms with E-state index in [1.807, 2.05) is 0 Å². The number of halogens is 3. The highest BCUT2D eigenvalue weighted by Crippen LogP contribution is 2.22. The third kappa shape index (κ3) is 3.82. The zero-order valence-corrected chi connectivity index (χ0v) is 12.0. The first-order valence-electron chi connectivity index (χ1n) is 6.33. The lowest BCUT2D eigenvalue weighted by atomic mass is 10.2. The second kappa shape index (κ2) is 6.57. The average molecular weight is 320 g/mol. The Hall–Kier alpha value is -1.41. The van der Waals surface area contributed by atoms with Crippen molar-refractivity contribution < 1.29 is 22.7 Å². The van der Waals surface area contributed by atoms with Gasteiger partial charge in [0.05, 0.1) is 19.3 Å². The van der Waals surface area contributed by atoms with Crippen LogP contribution < -0.4 is 5.73 Å². The lowest BCUT2D eigenvalue weighted by Crippen LogP contribution is -2.41. The second-order valence-corrected chi connectivity index (χ2v) is 5.64. The van der Waals surface area contributed by atoms with Gasteiger partial charge in [-0.1, -0.05) is 0 Å². The summed E-state index contributed by atoms with van der Waals surface area (Å²) in [6, 6.07) is 0.410. The lowest BCUT2D eigenvalue weighted by Gasteiger charge is -2.22. The standard InChI is InChI=1S/C13H15F3N2O2S/c14-10-3-12(16)11(15)1-7(10)5-20-6-8-2-9(21)4-18(8)13(17)19/h1,3,8-9,21H,2,4-6H2,(H2,17,19)/t8-,9+/m0/s1. The Morgan fingerprint density at radius 1 is 1.33 bits per heavy atom. The zero-order valence-electron chi connectivity index (χ0n) is 11.1. The van der Waals surface area contributed by atoms with Crippen LogP contribution in [0.2, 0.25) is 0 Å². The summed E-state index contributed by atoms with van der Waals surface area (Å²) in [7, 11) is 0. The van der Waals surface area contributed by atoms with E-state index >= 15 is 0 Å². The minimum Gasteiger partial charge on any atom is -0.375 e. The van der Waals surface area contributed by atoms with Gasteiger partial charge in [0.15, 0.2) is 11.6 Å². The molecule has 1 heterocycles. The number of primary amides is 1. The molecule has 1 saturated heterocycles. The van der Waals surface area contributed by atoms with E-state index in [0.29, 0.717) is 19.0 Å². The summed E-state index contributed by atoms with van der Waals surface area (Å²) >= 11 is 4.28. The van der Waals surface area contributed by atoms with Crippen molar-refractivity contribution in [3.63, 3.8) is 0 Å². The van der Waals surface area contributed by atoms with Gasteiger partial charge in [-0.05, 0) is 12.5 Å². The minimum atomic E-state index is -1.25. The molecule has 0 saturated carbocycles. The molecular formula is C13H15F3N2O2S. The van der Waals surface area contributed by atoms with Crippen molar-refractivity contribution in [1.29, 1.82) is 0 Å². The number of ether oxygens (including phenoxy) is 1. The van der Waals surface area contributed by atoms with Gasteiger partial charge in [-0.3, -0.25) is 0 Å². The SMILES string of the molecule is NC(=O)N1C[C@H](S)C[C@H]1COCc1cc(F)c(F)cc1F. The van der Waals surface area contributed by atoms with Crippen molar-refractivity contribution in [2.24, 2.45) is 5.73 Å². The lowest BCUT2D eigenvalue weighted by molar-refractivity contribution is 0.0751. The van der Waals surface area contributed by atoms with Crippen LogP contribution >= 0.6 is 12.6 Å². The molecule has 0 aliphatic carbocycles. The van der Waals surface area contributed by atoms with Crippen LogP contribution in [0.5, 0.6) is 0 Å². The number of hydrogen-bond donors (Lipinski definition) is 2. The summed E-state index contributed by atoms with van der Waals surface area (Å²) in [6.07, 6.45) is 0.603. The Labute approximate surface area is 125 Å². The number of likely N-dealkylation sites (tertiary alicyclic amines) is 1. The van der Waals surface area contributed by atoms with Crippen molar-refractivity contribution in [1.82, 2.24) is 4.90 Å². The molecule has 1 aliphatic heterocycles. The predicted molar refractivity (Wildman–Crippen MR) is 73.4 cm³/mol. The number of thiol groups is 1. The number of benzene rings is 1.